The summed E-state index contributed by atoms with van der Waals surface area (Å²) in [6, 6.07) is 0. The van der Waals surface area contributed by atoms with Gasteiger partial charge in [-0.05, 0) is 37.7 Å². The first kappa shape index (κ1) is 12.1. The van der Waals surface area contributed by atoms with Gasteiger partial charge in [-0.15, -0.1) is 0 Å². The smallest absolute Gasteiger partial charge is 0.344 e. The zero-order chi connectivity index (χ0) is 13.7. The summed E-state index contributed by atoms with van der Waals surface area (Å²) in [6.07, 6.45) is 12.9. The topological polar surface area (TPSA) is 49.8 Å². The highest BCUT2D eigenvalue weighted by atomic mass is 16.5. The molecule has 4 heteroatoms. The van der Waals surface area contributed by atoms with Crippen molar-refractivity contribution in [2.24, 2.45) is 5.41 Å². The number of carboxylic acid groups (broad SMARTS) is 1. The van der Waals surface area contributed by atoms with Gasteiger partial charge in [0.2, 0.25) is 0 Å². The largest absolute Gasteiger partial charge is 0.480 e. The van der Waals surface area contributed by atoms with Gasteiger partial charge in [0, 0.05) is 18.8 Å². The van der Waals surface area contributed by atoms with E-state index in [1.807, 2.05) is 0 Å². The van der Waals surface area contributed by atoms with Crippen LogP contribution in [0.4, 0.5) is 0 Å². The number of nitrogens with zero attached hydrogens (tertiary/aromatic N) is 1. The molecule has 0 aromatic carbocycles. The minimum Gasteiger partial charge on any atom is -0.480 e. The van der Waals surface area contributed by atoms with E-state index in [-0.39, 0.29) is 5.41 Å². The van der Waals surface area contributed by atoms with Crippen LogP contribution in [-0.2, 0) is 9.53 Å². The molecule has 2 unspecified atom stereocenters. The summed E-state index contributed by atoms with van der Waals surface area (Å²) in [5.74, 6) is 0.135. The fraction of sp³-hybridized carbons (Fsp3) is 0.562. The normalized spacial score (nSPS) is 34.9. The Kier molecular flexibility index (Phi) is 2.50. The zero-order valence-electron chi connectivity index (χ0n) is 11.5. The number of allylic oxidation sites excluding steroid dienone is 3. The van der Waals surface area contributed by atoms with E-state index in [1.54, 1.807) is 0 Å². The van der Waals surface area contributed by atoms with Crippen molar-refractivity contribution in [3.63, 3.8) is 0 Å². The van der Waals surface area contributed by atoms with E-state index in [2.05, 4.69) is 23.4 Å². The van der Waals surface area contributed by atoms with Crippen molar-refractivity contribution in [2.75, 3.05) is 0 Å². The van der Waals surface area contributed by atoms with Crippen molar-refractivity contribution in [3.8, 4) is 0 Å². The predicted octanol–water partition coefficient (Wildman–Crippen LogP) is 3.14. The minimum absolute atomic E-state index is 0.113. The third kappa shape index (κ3) is 1.51. The van der Waals surface area contributed by atoms with Gasteiger partial charge in [-0.25, -0.2) is 4.79 Å². The van der Waals surface area contributed by atoms with Crippen LogP contribution < -0.4 is 0 Å². The van der Waals surface area contributed by atoms with Gasteiger partial charge in [-0.3, -0.25) is 0 Å². The Labute approximate surface area is 118 Å². The maximum absolute atomic E-state index is 11.4. The summed E-state index contributed by atoms with van der Waals surface area (Å²) in [5.41, 5.74) is 2.44. The molecule has 4 aliphatic rings. The van der Waals surface area contributed by atoms with Crippen molar-refractivity contribution < 1.29 is 14.6 Å². The minimum atomic E-state index is -0.829. The van der Waals surface area contributed by atoms with E-state index < -0.39 is 12.1 Å². The molecular formula is C16H19NO3. The summed E-state index contributed by atoms with van der Waals surface area (Å²) < 4.78 is 5.92. The Balaban J connectivity index is 1.85. The molecule has 106 valence electrons. The van der Waals surface area contributed by atoms with Crippen molar-refractivity contribution in [1.82, 2.24) is 4.90 Å². The third-order valence-electron chi connectivity index (χ3n) is 5.10. The van der Waals surface area contributed by atoms with Gasteiger partial charge in [0.05, 0.1) is 11.1 Å². The highest BCUT2D eigenvalue weighted by molar-refractivity contribution is 5.74. The van der Waals surface area contributed by atoms with E-state index >= 15 is 0 Å². The molecule has 1 N–H and O–H groups in total. The van der Waals surface area contributed by atoms with E-state index in [0.29, 0.717) is 6.42 Å². The van der Waals surface area contributed by atoms with E-state index in [9.17, 15) is 9.90 Å². The number of aliphatic carboxylic acids is 1. The van der Waals surface area contributed by atoms with Crippen molar-refractivity contribution in [3.05, 3.63) is 35.5 Å². The molecular weight excluding hydrogens is 254 g/mol. The van der Waals surface area contributed by atoms with E-state index in [0.717, 1.165) is 31.4 Å². The van der Waals surface area contributed by atoms with Gasteiger partial charge in [-0.1, -0.05) is 12.5 Å². The number of ether oxygens (including phenoxy) is 1. The quantitative estimate of drug-likeness (QED) is 0.797. The lowest BCUT2D eigenvalue weighted by atomic mass is 9.65. The Morgan fingerprint density at radius 1 is 1.40 bits per heavy atom. The Hall–Kier alpha value is -1.71. The first-order valence-electron chi connectivity index (χ1n) is 7.50. The molecule has 4 rings (SSSR count). The molecule has 1 spiro atoms. The van der Waals surface area contributed by atoms with Gasteiger partial charge < -0.3 is 14.7 Å². The molecule has 3 aliphatic heterocycles. The first-order valence-corrected chi connectivity index (χ1v) is 7.50. The van der Waals surface area contributed by atoms with Crippen molar-refractivity contribution in [2.45, 2.75) is 51.0 Å². The summed E-state index contributed by atoms with van der Waals surface area (Å²) in [4.78, 5) is 13.5. The second-order valence-electron chi connectivity index (χ2n) is 6.20. The summed E-state index contributed by atoms with van der Waals surface area (Å²) in [6.45, 7) is 0. The van der Waals surface area contributed by atoms with Crippen LogP contribution in [0.25, 0.3) is 0 Å². The summed E-state index contributed by atoms with van der Waals surface area (Å²) in [5, 5.41) is 9.35. The molecule has 0 aromatic heterocycles. The molecule has 0 aromatic rings. The molecule has 3 heterocycles. The van der Waals surface area contributed by atoms with Crippen LogP contribution in [0.2, 0.25) is 0 Å². The molecule has 1 saturated carbocycles. The first-order chi connectivity index (χ1) is 9.71. The van der Waals surface area contributed by atoms with Gasteiger partial charge in [0.25, 0.3) is 0 Å². The molecule has 0 radical (unpaired) electrons. The number of fused-ring (bicyclic) bond motifs is 1. The van der Waals surface area contributed by atoms with Gasteiger partial charge in [-0.2, -0.15) is 0 Å². The lowest BCUT2D eigenvalue weighted by Gasteiger charge is -2.42. The van der Waals surface area contributed by atoms with Crippen LogP contribution in [-0.4, -0.2) is 22.1 Å². The highest BCUT2D eigenvalue weighted by Crippen LogP contribution is 2.58. The van der Waals surface area contributed by atoms with Crippen LogP contribution >= 0.6 is 0 Å². The van der Waals surface area contributed by atoms with Crippen LogP contribution in [0, 0.1) is 5.41 Å². The average molecular weight is 273 g/mol. The number of carboxylic acids is 1. The highest BCUT2D eigenvalue weighted by Gasteiger charge is 2.54. The monoisotopic (exact) mass is 273 g/mol. The van der Waals surface area contributed by atoms with E-state index in [4.69, 9.17) is 4.74 Å². The fourth-order valence-corrected chi connectivity index (χ4v) is 4.16. The second kappa shape index (κ2) is 4.14. The molecule has 2 atom stereocenters. The number of carbonyl (C=O) groups is 1. The van der Waals surface area contributed by atoms with Crippen molar-refractivity contribution >= 4 is 5.97 Å². The number of hydrogen-bond acceptors (Lipinski definition) is 3. The van der Waals surface area contributed by atoms with Gasteiger partial charge in [0.15, 0.2) is 6.10 Å². The zero-order valence-corrected chi connectivity index (χ0v) is 11.5. The van der Waals surface area contributed by atoms with Crippen LogP contribution in [0.15, 0.2) is 35.5 Å². The third-order valence-corrected chi connectivity index (χ3v) is 5.10. The molecule has 0 amide bonds. The Morgan fingerprint density at radius 3 is 3.15 bits per heavy atom. The molecule has 1 saturated heterocycles. The average Bonchev–Trinajstić information content (AvgIpc) is 2.85. The standard InChI is InChI=1S/C16H19NO3/c18-15(19)13-9-16-7-3-1-5-11(16)10-17-8-4-2-6-12(17)14(16)20-13/h4,8,10,13H,1-3,5-7,9H2,(H,18,19). The number of rotatable bonds is 1. The predicted molar refractivity (Wildman–Crippen MR) is 73.3 cm³/mol. The van der Waals surface area contributed by atoms with Crippen LogP contribution in [0.5, 0.6) is 0 Å². The number of hydrogen-bond donors (Lipinski definition) is 1. The van der Waals surface area contributed by atoms with Crippen molar-refractivity contribution in [1.29, 1.82) is 0 Å². The lowest BCUT2D eigenvalue weighted by Crippen LogP contribution is -2.34. The molecule has 1 aliphatic carbocycles. The maximum atomic E-state index is 11.4. The Morgan fingerprint density at radius 2 is 2.30 bits per heavy atom. The van der Waals surface area contributed by atoms with Crippen LogP contribution in [0.3, 0.4) is 0 Å². The second-order valence-corrected chi connectivity index (χ2v) is 6.20. The fourth-order valence-electron chi connectivity index (χ4n) is 4.16. The summed E-state index contributed by atoms with van der Waals surface area (Å²) in [7, 11) is 0. The SMILES string of the molecule is O=C(O)C1CC23CCCCC2=CN2C=CCCC2=C3O1. The Bertz CT molecular complexity index is 560. The molecule has 0 bridgehead atoms. The van der Waals surface area contributed by atoms with Gasteiger partial charge in [0.1, 0.15) is 5.76 Å². The maximum Gasteiger partial charge on any atom is 0.344 e. The lowest BCUT2D eigenvalue weighted by molar-refractivity contribution is -0.146. The molecule has 2 fully saturated rings. The summed E-state index contributed by atoms with van der Waals surface area (Å²) >= 11 is 0. The van der Waals surface area contributed by atoms with Crippen LogP contribution in [0.1, 0.15) is 44.9 Å². The van der Waals surface area contributed by atoms with Gasteiger partial charge >= 0.3 is 5.97 Å². The molecule has 4 nitrogen and oxygen atoms in total. The van der Waals surface area contributed by atoms with E-state index in [1.165, 1.54) is 24.1 Å². The molecule has 20 heavy (non-hydrogen) atoms.